The van der Waals surface area contributed by atoms with Crippen LogP contribution in [0.2, 0.25) is 0 Å². The number of thioether (sulfide) groups is 1. The van der Waals surface area contributed by atoms with E-state index in [1.165, 1.54) is 31.0 Å². The fourth-order valence-corrected chi connectivity index (χ4v) is 3.50. The normalized spacial score (nSPS) is 11.0. The summed E-state index contributed by atoms with van der Waals surface area (Å²) in [7, 11) is 1.52. The summed E-state index contributed by atoms with van der Waals surface area (Å²) in [6.45, 7) is 0. The molecule has 0 radical (unpaired) electrons. The molecule has 0 saturated heterocycles. The summed E-state index contributed by atoms with van der Waals surface area (Å²) < 4.78 is 11.0. The van der Waals surface area contributed by atoms with Crippen molar-refractivity contribution >= 4 is 28.4 Å². The number of ether oxygens (including phenoxy) is 1. The minimum Gasteiger partial charge on any atom is -0.496 e. The fourth-order valence-electron chi connectivity index (χ4n) is 2.76. The molecule has 0 aliphatic rings. The van der Waals surface area contributed by atoms with E-state index >= 15 is 0 Å². The Kier molecular flexibility index (Phi) is 4.51. The summed E-state index contributed by atoms with van der Waals surface area (Å²) in [5.41, 5.74) is 2.51. The monoisotopic (exact) mass is 382 g/mol. The standard InChI is InChI=1S/C18H14N4O4S/c1-25-16-7-6-12(22(23)24)8-11(16)10-27-18-21-20-17(26-18)14-9-19-15-5-3-2-4-13(14)15/h2-9,19H,10H2,1H3. The van der Waals surface area contributed by atoms with E-state index in [0.717, 1.165) is 16.5 Å². The molecule has 1 N–H and O–H groups in total. The number of nitrogens with zero attached hydrogens (tertiary/aromatic N) is 3. The van der Waals surface area contributed by atoms with Crippen LogP contribution >= 0.6 is 11.8 Å². The van der Waals surface area contributed by atoms with E-state index in [1.807, 2.05) is 30.5 Å². The lowest BCUT2D eigenvalue weighted by Crippen LogP contribution is -1.94. The van der Waals surface area contributed by atoms with Crippen molar-refractivity contribution in [1.29, 1.82) is 0 Å². The second kappa shape index (κ2) is 7.12. The third kappa shape index (κ3) is 3.36. The van der Waals surface area contributed by atoms with Crippen molar-refractivity contribution in [1.82, 2.24) is 15.2 Å². The first kappa shape index (κ1) is 17.1. The van der Waals surface area contributed by atoms with Crippen LogP contribution in [0.3, 0.4) is 0 Å². The number of aromatic amines is 1. The fraction of sp³-hybridized carbons (Fsp3) is 0.111. The first-order chi connectivity index (χ1) is 13.2. The molecule has 9 heteroatoms. The number of benzene rings is 2. The zero-order valence-corrected chi connectivity index (χ0v) is 15.0. The quantitative estimate of drug-likeness (QED) is 0.299. The van der Waals surface area contributed by atoms with Gasteiger partial charge in [0.1, 0.15) is 5.75 Å². The largest absolute Gasteiger partial charge is 0.496 e. The third-order valence-electron chi connectivity index (χ3n) is 4.05. The lowest BCUT2D eigenvalue weighted by molar-refractivity contribution is -0.384. The highest BCUT2D eigenvalue weighted by atomic mass is 32.2. The molecule has 0 aliphatic carbocycles. The average Bonchev–Trinajstić information content (AvgIpc) is 3.32. The highest BCUT2D eigenvalue weighted by molar-refractivity contribution is 7.98. The Balaban J connectivity index is 1.55. The topological polar surface area (TPSA) is 107 Å². The Morgan fingerprint density at radius 1 is 1.26 bits per heavy atom. The number of non-ortho nitro benzene ring substituents is 1. The molecule has 0 fully saturated rings. The molecule has 2 aromatic carbocycles. The van der Waals surface area contributed by atoms with Gasteiger partial charge in [-0.25, -0.2) is 0 Å². The van der Waals surface area contributed by atoms with Crippen LogP contribution < -0.4 is 4.74 Å². The zero-order valence-electron chi connectivity index (χ0n) is 14.2. The maximum atomic E-state index is 11.0. The minimum atomic E-state index is -0.435. The molecule has 0 amide bonds. The van der Waals surface area contributed by atoms with Crippen molar-refractivity contribution in [2.75, 3.05) is 7.11 Å². The third-order valence-corrected chi connectivity index (χ3v) is 4.92. The summed E-state index contributed by atoms with van der Waals surface area (Å²) in [6, 6.07) is 12.3. The number of H-pyrrole nitrogens is 1. The number of para-hydroxylation sites is 1. The van der Waals surface area contributed by atoms with Crippen LogP contribution in [0.4, 0.5) is 5.69 Å². The number of fused-ring (bicyclic) bond motifs is 1. The molecule has 0 aliphatic heterocycles. The lowest BCUT2D eigenvalue weighted by Gasteiger charge is -2.06. The molecule has 0 spiro atoms. The maximum absolute atomic E-state index is 11.0. The van der Waals surface area contributed by atoms with Crippen LogP contribution in [-0.2, 0) is 5.75 Å². The van der Waals surface area contributed by atoms with Crippen molar-refractivity contribution < 1.29 is 14.1 Å². The molecule has 0 saturated carbocycles. The van der Waals surface area contributed by atoms with Gasteiger partial charge in [-0.15, -0.1) is 10.2 Å². The highest BCUT2D eigenvalue weighted by Crippen LogP contribution is 2.33. The van der Waals surface area contributed by atoms with Crippen LogP contribution in [-0.4, -0.2) is 27.2 Å². The van der Waals surface area contributed by atoms with Crippen LogP contribution in [0.25, 0.3) is 22.4 Å². The van der Waals surface area contributed by atoms with Gasteiger partial charge in [-0.2, -0.15) is 0 Å². The SMILES string of the molecule is COc1ccc([N+](=O)[O-])cc1CSc1nnc(-c2c[nH]c3ccccc23)o1. The Hall–Kier alpha value is -3.33. The maximum Gasteiger partial charge on any atom is 0.277 e. The Bertz CT molecular complexity index is 1120. The first-order valence-corrected chi connectivity index (χ1v) is 8.98. The van der Waals surface area contributed by atoms with Crippen molar-refractivity contribution in [2.24, 2.45) is 0 Å². The van der Waals surface area contributed by atoms with Gasteiger partial charge in [-0.1, -0.05) is 30.0 Å². The van der Waals surface area contributed by atoms with E-state index in [-0.39, 0.29) is 5.69 Å². The molecule has 8 nitrogen and oxygen atoms in total. The summed E-state index contributed by atoms with van der Waals surface area (Å²) in [4.78, 5) is 13.7. The molecule has 2 aromatic heterocycles. The van der Waals surface area contributed by atoms with Gasteiger partial charge in [0.25, 0.3) is 16.8 Å². The molecule has 4 rings (SSSR count). The Morgan fingerprint density at radius 2 is 2.11 bits per heavy atom. The molecule has 27 heavy (non-hydrogen) atoms. The number of methoxy groups -OCH3 is 1. The number of hydrogen-bond acceptors (Lipinski definition) is 7. The van der Waals surface area contributed by atoms with Gasteiger partial charge in [0.2, 0.25) is 0 Å². The molecule has 0 unspecified atom stereocenters. The summed E-state index contributed by atoms with van der Waals surface area (Å²) in [5, 5.41) is 20.5. The van der Waals surface area contributed by atoms with Crippen molar-refractivity contribution in [3.05, 3.63) is 64.3 Å². The van der Waals surface area contributed by atoms with Crippen molar-refractivity contribution in [3.63, 3.8) is 0 Å². The molecule has 136 valence electrons. The predicted molar refractivity (Wildman–Crippen MR) is 101 cm³/mol. The lowest BCUT2D eigenvalue weighted by atomic mass is 10.2. The van der Waals surface area contributed by atoms with Crippen LogP contribution in [0.5, 0.6) is 5.75 Å². The van der Waals surface area contributed by atoms with Gasteiger partial charge in [0.05, 0.1) is 17.6 Å². The second-order valence-corrected chi connectivity index (χ2v) is 6.59. The average molecular weight is 382 g/mol. The van der Waals surface area contributed by atoms with Gasteiger partial charge in [0.15, 0.2) is 0 Å². The van der Waals surface area contributed by atoms with Gasteiger partial charge in [0, 0.05) is 40.5 Å². The highest BCUT2D eigenvalue weighted by Gasteiger charge is 2.16. The number of rotatable bonds is 6. The molecule has 0 atom stereocenters. The van der Waals surface area contributed by atoms with Gasteiger partial charge >= 0.3 is 0 Å². The predicted octanol–water partition coefficient (Wildman–Crippen LogP) is 4.43. The number of nitro benzene ring substituents is 1. The Morgan fingerprint density at radius 3 is 2.93 bits per heavy atom. The summed E-state index contributed by atoms with van der Waals surface area (Å²) in [6.07, 6.45) is 1.83. The van der Waals surface area contributed by atoms with E-state index in [0.29, 0.717) is 28.2 Å². The number of hydrogen-bond donors (Lipinski definition) is 1. The molecular formula is C18H14N4O4S. The minimum absolute atomic E-state index is 0.0106. The van der Waals surface area contributed by atoms with Crippen LogP contribution in [0, 0.1) is 10.1 Å². The smallest absolute Gasteiger partial charge is 0.277 e. The first-order valence-electron chi connectivity index (χ1n) is 8.00. The van der Waals surface area contributed by atoms with Crippen molar-refractivity contribution in [2.45, 2.75) is 11.0 Å². The van der Waals surface area contributed by atoms with Crippen LogP contribution in [0.15, 0.2) is 58.3 Å². The number of aromatic nitrogens is 3. The zero-order chi connectivity index (χ0) is 18.8. The van der Waals surface area contributed by atoms with Gasteiger partial charge in [-0.3, -0.25) is 10.1 Å². The van der Waals surface area contributed by atoms with Gasteiger partial charge in [-0.05, 0) is 12.1 Å². The van der Waals surface area contributed by atoms with E-state index in [9.17, 15) is 10.1 Å². The molecular weight excluding hydrogens is 368 g/mol. The van der Waals surface area contributed by atoms with E-state index in [2.05, 4.69) is 15.2 Å². The van der Waals surface area contributed by atoms with Crippen molar-refractivity contribution in [3.8, 4) is 17.2 Å². The van der Waals surface area contributed by atoms with E-state index in [4.69, 9.17) is 9.15 Å². The Labute approximate surface area is 157 Å². The summed E-state index contributed by atoms with van der Waals surface area (Å²) >= 11 is 1.29. The molecule has 0 bridgehead atoms. The van der Waals surface area contributed by atoms with E-state index < -0.39 is 4.92 Å². The molecule has 2 heterocycles. The van der Waals surface area contributed by atoms with Gasteiger partial charge < -0.3 is 14.1 Å². The van der Waals surface area contributed by atoms with Crippen LogP contribution in [0.1, 0.15) is 5.56 Å². The number of nitro groups is 1. The molecule has 4 aromatic rings. The van der Waals surface area contributed by atoms with E-state index in [1.54, 1.807) is 6.07 Å². The number of nitrogens with one attached hydrogen (secondary N) is 1. The second-order valence-electron chi connectivity index (χ2n) is 5.66. The summed E-state index contributed by atoms with van der Waals surface area (Å²) in [5.74, 6) is 1.39.